The first kappa shape index (κ1) is 14.1. The summed E-state index contributed by atoms with van der Waals surface area (Å²) in [7, 11) is 0. The minimum Gasteiger partial charge on any atom is -0.354 e. The molecule has 2 saturated heterocycles. The van der Waals surface area contributed by atoms with Crippen molar-refractivity contribution in [3.63, 3.8) is 0 Å². The molecule has 2 amide bonds. The van der Waals surface area contributed by atoms with Gasteiger partial charge in [0.15, 0.2) is 0 Å². The van der Waals surface area contributed by atoms with Crippen LogP contribution in [0.25, 0.3) is 0 Å². The summed E-state index contributed by atoms with van der Waals surface area (Å²) in [6.07, 6.45) is 2.28. The highest BCUT2D eigenvalue weighted by Gasteiger charge is 2.43. The van der Waals surface area contributed by atoms with Gasteiger partial charge in [-0.1, -0.05) is 30.3 Å². The molecule has 2 fully saturated rings. The summed E-state index contributed by atoms with van der Waals surface area (Å²) in [5.74, 6) is -0.00851. The summed E-state index contributed by atoms with van der Waals surface area (Å²) in [4.78, 5) is 26.2. The minimum atomic E-state index is -0.540. The van der Waals surface area contributed by atoms with Crippen molar-refractivity contribution in [1.29, 1.82) is 0 Å². The van der Waals surface area contributed by atoms with E-state index >= 15 is 0 Å². The van der Waals surface area contributed by atoms with Crippen LogP contribution in [0.5, 0.6) is 0 Å². The minimum absolute atomic E-state index is 0.0134. The average Bonchev–Trinajstić information content (AvgIpc) is 2.89. The van der Waals surface area contributed by atoms with Crippen LogP contribution in [0.2, 0.25) is 0 Å². The maximum Gasteiger partial charge on any atom is 0.240 e. The summed E-state index contributed by atoms with van der Waals surface area (Å²) in [6, 6.07) is 9.25. The SMILES string of the molecule is N[C@@H](Cc1ccccc1)C(=O)N1CCCC2C(=O)NCC21. The number of rotatable bonds is 3. The van der Waals surface area contributed by atoms with Crippen molar-refractivity contribution < 1.29 is 9.59 Å². The number of hydrogen-bond donors (Lipinski definition) is 2. The Labute approximate surface area is 124 Å². The van der Waals surface area contributed by atoms with Crippen molar-refractivity contribution in [2.24, 2.45) is 11.7 Å². The predicted octanol–water partition coefficient (Wildman–Crippen LogP) is 0.293. The molecule has 3 atom stereocenters. The first-order valence-corrected chi connectivity index (χ1v) is 7.54. The Morgan fingerprint density at radius 1 is 1.38 bits per heavy atom. The van der Waals surface area contributed by atoms with Gasteiger partial charge >= 0.3 is 0 Å². The summed E-state index contributed by atoms with van der Waals surface area (Å²) < 4.78 is 0. The molecule has 21 heavy (non-hydrogen) atoms. The van der Waals surface area contributed by atoms with Gasteiger partial charge in [-0.3, -0.25) is 9.59 Å². The summed E-state index contributed by atoms with van der Waals surface area (Å²) >= 11 is 0. The van der Waals surface area contributed by atoms with Gasteiger partial charge in [0, 0.05) is 13.1 Å². The maximum atomic E-state index is 12.6. The number of carbonyl (C=O) groups excluding carboxylic acids is 2. The van der Waals surface area contributed by atoms with Crippen LogP contribution >= 0.6 is 0 Å². The molecule has 3 rings (SSSR count). The van der Waals surface area contributed by atoms with Crippen LogP contribution in [-0.4, -0.2) is 41.9 Å². The lowest BCUT2D eigenvalue weighted by atomic mass is 9.90. The van der Waals surface area contributed by atoms with Gasteiger partial charge in [0.25, 0.3) is 0 Å². The highest BCUT2D eigenvalue weighted by atomic mass is 16.2. The van der Waals surface area contributed by atoms with Crippen molar-refractivity contribution in [3.05, 3.63) is 35.9 Å². The average molecular weight is 287 g/mol. The largest absolute Gasteiger partial charge is 0.354 e. The summed E-state index contributed by atoms with van der Waals surface area (Å²) in [5.41, 5.74) is 7.16. The summed E-state index contributed by atoms with van der Waals surface area (Å²) in [5, 5.41) is 2.86. The van der Waals surface area contributed by atoms with Gasteiger partial charge in [-0.25, -0.2) is 0 Å². The highest BCUT2D eigenvalue weighted by Crippen LogP contribution is 2.27. The number of hydrogen-bond acceptors (Lipinski definition) is 3. The fraction of sp³-hybridized carbons (Fsp3) is 0.500. The second kappa shape index (κ2) is 5.85. The zero-order valence-corrected chi connectivity index (χ0v) is 12.0. The van der Waals surface area contributed by atoms with E-state index in [1.54, 1.807) is 0 Å². The molecule has 0 aliphatic carbocycles. The van der Waals surface area contributed by atoms with Crippen LogP contribution in [0, 0.1) is 5.92 Å². The van der Waals surface area contributed by atoms with Gasteiger partial charge in [0.05, 0.1) is 18.0 Å². The molecule has 0 bridgehead atoms. The molecule has 3 N–H and O–H groups in total. The molecule has 2 unspecified atom stereocenters. The number of nitrogens with one attached hydrogen (secondary N) is 1. The van der Waals surface area contributed by atoms with E-state index in [4.69, 9.17) is 5.73 Å². The zero-order valence-electron chi connectivity index (χ0n) is 12.0. The summed E-state index contributed by atoms with van der Waals surface area (Å²) in [6.45, 7) is 1.27. The molecule has 0 radical (unpaired) electrons. The molecule has 5 heteroatoms. The molecule has 112 valence electrons. The molecule has 0 saturated carbocycles. The lowest BCUT2D eigenvalue weighted by Gasteiger charge is -2.37. The van der Waals surface area contributed by atoms with E-state index in [2.05, 4.69) is 5.32 Å². The predicted molar refractivity (Wildman–Crippen MR) is 79.4 cm³/mol. The number of nitrogens with zero attached hydrogens (tertiary/aromatic N) is 1. The van der Waals surface area contributed by atoms with E-state index in [1.165, 1.54) is 0 Å². The second-order valence-corrected chi connectivity index (χ2v) is 5.89. The number of fused-ring (bicyclic) bond motifs is 1. The van der Waals surface area contributed by atoms with Gasteiger partial charge in [-0.2, -0.15) is 0 Å². The number of benzene rings is 1. The van der Waals surface area contributed by atoms with E-state index < -0.39 is 6.04 Å². The monoisotopic (exact) mass is 287 g/mol. The fourth-order valence-electron chi connectivity index (χ4n) is 3.39. The quantitative estimate of drug-likeness (QED) is 0.839. The lowest BCUT2D eigenvalue weighted by molar-refractivity contribution is -0.138. The van der Waals surface area contributed by atoms with Gasteiger partial charge in [0.2, 0.25) is 11.8 Å². The van der Waals surface area contributed by atoms with Crippen molar-refractivity contribution in [2.75, 3.05) is 13.1 Å². The topological polar surface area (TPSA) is 75.4 Å². The highest BCUT2D eigenvalue weighted by molar-refractivity contribution is 5.86. The van der Waals surface area contributed by atoms with Crippen LogP contribution in [0.1, 0.15) is 18.4 Å². The third kappa shape index (κ3) is 2.78. The first-order valence-electron chi connectivity index (χ1n) is 7.54. The maximum absolute atomic E-state index is 12.6. The fourth-order valence-corrected chi connectivity index (χ4v) is 3.39. The molecule has 5 nitrogen and oxygen atoms in total. The Balaban J connectivity index is 1.68. The molecule has 2 aliphatic rings. The standard InChI is InChI=1S/C16H21N3O2/c17-13(9-11-5-2-1-3-6-11)16(21)19-8-4-7-12-14(19)10-18-15(12)20/h1-3,5-6,12-14H,4,7-10,17H2,(H,18,20)/t12?,13-,14?/m0/s1. The molecule has 0 spiro atoms. The normalized spacial score (nSPS) is 26.1. The van der Waals surface area contributed by atoms with Crippen LogP contribution in [0.15, 0.2) is 30.3 Å². The van der Waals surface area contributed by atoms with E-state index in [0.717, 1.165) is 18.4 Å². The van der Waals surface area contributed by atoms with Gasteiger partial charge in [-0.05, 0) is 24.8 Å². The Morgan fingerprint density at radius 3 is 2.90 bits per heavy atom. The molecule has 2 heterocycles. The van der Waals surface area contributed by atoms with E-state index in [9.17, 15) is 9.59 Å². The Morgan fingerprint density at radius 2 is 2.14 bits per heavy atom. The van der Waals surface area contributed by atoms with Crippen molar-refractivity contribution in [2.45, 2.75) is 31.3 Å². The van der Waals surface area contributed by atoms with Gasteiger partial charge < -0.3 is 16.0 Å². The Bertz CT molecular complexity index is 532. The number of likely N-dealkylation sites (tertiary alicyclic amines) is 1. The number of amides is 2. The number of piperidine rings is 1. The third-order valence-electron chi connectivity index (χ3n) is 4.50. The van der Waals surface area contributed by atoms with Crippen molar-refractivity contribution >= 4 is 11.8 Å². The van der Waals surface area contributed by atoms with Crippen LogP contribution in [-0.2, 0) is 16.0 Å². The second-order valence-electron chi connectivity index (χ2n) is 5.89. The van der Waals surface area contributed by atoms with Gasteiger partial charge in [0.1, 0.15) is 0 Å². The molecule has 1 aromatic rings. The zero-order chi connectivity index (χ0) is 14.8. The number of carbonyl (C=O) groups is 2. The van der Waals surface area contributed by atoms with E-state index in [1.807, 2.05) is 35.2 Å². The van der Waals surface area contributed by atoms with E-state index in [-0.39, 0.29) is 23.8 Å². The molecular weight excluding hydrogens is 266 g/mol. The first-order chi connectivity index (χ1) is 10.2. The third-order valence-corrected chi connectivity index (χ3v) is 4.50. The number of nitrogens with two attached hydrogens (primary N) is 1. The van der Waals surface area contributed by atoms with Crippen LogP contribution in [0.4, 0.5) is 0 Å². The van der Waals surface area contributed by atoms with Crippen molar-refractivity contribution in [3.8, 4) is 0 Å². The molecule has 0 aromatic heterocycles. The molecule has 2 aliphatic heterocycles. The van der Waals surface area contributed by atoms with E-state index in [0.29, 0.717) is 19.5 Å². The smallest absolute Gasteiger partial charge is 0.240 e. The van der Waals surface area contributed by atoms with Crippen LogP contribution in [0.3, 0.4) is 0 Å². The Hall–Kier alpha value is -1.88. The molecule has 1 aromatic carbocycles. The van der Waals surface area contributed by atoms with Crippen molar-refractivity contribution in [1.82, 2.24) is 10.2 Å². The Kier molecular flexibility index (Phi) is 3.92. The lowest BCUT2D eigenvalue weighted by Crippen LogP contribution is -2.54. The molecular formula is C16H21N3O2. The van der Waals surface area contributed by atoms with Crippen LogP contribution < -0.4 is 11.1 Å². The van der Waals surface area contributed by atoms with Gasteiger partial charge in [-0.15, -0.1) is 0 Å².